The van der Waals surface area contributed by atoms with Gasteiger partial charge in [0.2, 0.25) is 10.0 Å². The van der Waals surface area contributed by atoms with Crippen molar-refractivity contribution in [3.8, 4) is 0 Å². The summed E-state index contributed by atoms with van der Waals surface area (Å²) in [6.45, 7) is 0.833. The van der Waals surface area contributed by atoms with Crippen LogP contribution in [-0.4, -0.2) is 50.8 Å². The third-order valence-electron chi connectivity index (χ3n) is 5.02. The van der Waals surface area contributed by atoms with E-state index < -0.39 is 28.5 Å². The first-order chi connectivity index (χ1) is 14.9. The number of hydrogen-bond donors (Lipinski definition) is 1. The summed E-state index contributed by atoms with van der Waals surface area (Å²) in [7, 11) is -3.72. The Morgan fingerprint density at radius 3 is 2.45 bits per heavy atom. The van der Waals surface area contributed by atoms with Crippen LogP contribution >= 0.6 is 11.6 Å². The zero-order valence-electron chi connectivity index (χ0n) is 17.1. The molecule has 0 radical (unpaired) electrons. The number of ether oxygens (including phenoxy) is 1. The molecule has 0 unspecified atom stereocenters. The quantitative estimate of drug-likeness (QED) is 0.606. The first-order valence-corrected chi connectivity index (χ1v) is 12.0. The summed E-state index contributed by atoms with van der Waals surface area (Å²) in [6.07, 6.45) is 3.27. The summed E-state index contributed by atoms with van der Waals surface area (Å²) in [5, 5.41) is 2.74. The molecule has 31 heavy (non-hydrogen) atoms. The summed E-state index contributed by atoms with van der Waals surface area (Å²) >= 11 is 6.08. The fourth-order valence-corrected chi connectivity index (χ4v) is 5.06. The second-order valence-electron chi connectivity index (χ2n) is 7.27. The van der Waals surface area contributed by atoms with Crippen molar-refractivity contribution in [3.05, 3.63) is 64.7 Å². The number of carbonyl (C=O) groups is 2. The molecule has 3 rings (SSSR count). The number of amides is 1. The van der Waals surface area contributed by atoms with E-state index in [2.05, 4.69) is 5.32 Å². The number of sulfonamides is 1. The standard InChI is InChI=1S/C22H25ClN2O5S/c23-20-10-9-18(31(28,29)25-13-5-2-6-14-25)15-19(20)22(27)30-16-21(26)24-12-11-17-7-3-1-4-8-17/h1,3-4,7-10,15H,2,5-6,11-14,16H2,(H,24,26). The van der Waals surface area contributed by atoms with Crippen molar-refractivity contribution in [1.82, 2.24) is 9.62 Å². The van der Waals surface area contributed by atoms with Gasteiger partial charge >= 0.3 is 5.97 Å². The minimum absolute atomic E-state index is 0.0157. The van der Waals surface area contributed by atoms with Crippen molar-refractivity contribution >= 4 is 33.5 Å². The van der Waals surface area contributed by atoms with Crippen LogP contribution in [0.4, 0.5) is 0 Å². The molecule has 1 N–H and O–H groups in total. The lowest BCUT2D eigenvalue weighted by Gasteiger charge is -2.26. The second-order valence-corrected chi connectivity index (χ2v) is 9.61. The van der Waals surface area contributed by atoms with Gasteiger partial charge in [-0.3, -0.25) is 4.79 Å². The maximum atomic E-state index is 12.8. The molecule has 9 heteroatoms. The third kappa shape index (κ3) is 6.29. The number of nitrogens with zero attached hydrogens (tertiary/aromatic N) is 1. The van der Waals surface area contributed by atoms with Gasteiger partial charge in [0, 0.05) is 19.6 Å². The smallest absolute Gasteiger partial charge is 0.340 e. The highest BCUT2D eigenvalue weighted by atomic mass is 35.5. The molecule has 1 aliphatic rings. The average molecular weight is 465 g/mol. The molecule has 1 aliphatic heterocycles. The molecule has 0 bridgehead atoms. The molecule has 2 aromatic carbocycles. The number of piperidine rings is 1. The molecule has 0 aliphatic carbocycles. The molecule has 0 saturated carbocycles. The largest absolute Gasteiger partial charge is 0.452 e. The summed E-state index contributed by atoms with van der Waals surface area (Å²) in [5.74, 6) is -1.30. The van der Waals surface area contributed by atoms with E-state index in [9.17, 15) is 18.0 Å². The minimum atomic E-state index is -3.72. The maximum absolute atomic E-state index is 12.8. The lowest BCUT2D eigenvalue weighted by Crippen LogP contribution is -2.35. The van der Waals surface area contributed by atoms with Crippen molar-refractivity contribution in [2.75, 3.05) is 26.2 Å². The van der Waals surface area contributed by atoms with Crippen LogP contribution in [0.2, 0.25) is 5.02 Å². The molecule has 2 aromatic rings. The molecule has 166 valence electrons. The van der Waals surface area contributed by atoms with Gasteiger partial charge in [0.25, 0.3) is 5.91 Å². The Balaban J connectivity index is 1.57. The SMILES string of the molecule is O=C(COC(=O)c1cc(S(=O)(=O)N2CCCCC2)ccc1Cl)NCCc1ccccc1. The molecule has 0 aromatic heterocycles. The van der Waals surface area contributed by atoms with E-state index in [4.69, 9.17) is 16.3 Å². The number of rotatable bonds is 8. The zero-order valence-corrected chi connectivity index (χ0v) is 18.6. The van der Waals surface area contributed by atoms with Crippen molar-refractivity contribution in [2.24, 2.45) is 0 Å². The molecule has 7 nitrogen and oxygen atoms in total. The second kappa shape index (κ2) is 10.7. The number of esters is 1. The van der Waals surface area contributed by atoms with Gasteiger partial charge in [-0.15, -0.1) is 0 Å². The molecule has 0 spiro atoms. The lowest BCUT2D eigenvalue weighted by molar-refractivity contribution is -0.124. The van der Waals surface area contributed by atoms with E-state index >= 15 is 0 Å². The molecular formula is C22H25ClN2O5S. The van der Waals surface area contributed by atoms with Crippen LogP contribution in [0.3, 0.4) is 0 Å². The van der Waals surface area contributed by atoms with Crippen LogP contribution in [0.1, 0.15) is 35.2 Å². The van der Waals surface area contributed by atoms with Crippen LogP contribution in [0.25, 0.3) is 0 Å². The van der Waals surface area contributed by atoms with Gasteiger partial charge in [0.1, 0.15) is 0 Å². The fraction of sp³-hybridized carbons (Fsp3) is 0.364. The van der Waals surface area contributed by atoms with Gasteiger partial charge in [-0.05, 0) is 43.0 Å². The van der Waals surface area contributed by atoms with Crippen molar-refractivity contribution in [1.29, 1.82) is 0 Å². The molecule has 0 atom stereocenters. The van der Waals surface area contributed by atoms with Crippen LogP contribution in [0, 0.1) is 0 Å². The Bertz CT molecular complexity index is 1020. The van der Waals surface area contributed by atoms with E-state index in [1.165, 1.54) is 22.5 Å². The highest BCUT2D eigenvalue weighted by Crippen LogP contribution is 2.25. The van der Waals surface area contributed by atoms with Crippen molar-refractivity contribution in [2.45, 2.75) is 30.6 Å². The van der Waals surface area contributed by atoms with Gasteiger partial charge < -0.3 is 10.1 Å². The van der Waals surface area contributed by atoms with E-state index in [1.54, 1.807) is 0 Å². The van der Waals surface area contributed by atoms with E-state index in [0.717, 1.165) is 24.8 Å². The van der Waals surface area contributed by atoms with Crippen molar-refractivity contribution in [3.63, 3.8) is 0 Å². The summed E-state index contributed by atoms with van der Waals surface area (Å²) in [5.41, 5.74) is 0.996. The van der Waals surface area contributed by atoms with Crippen LogP contribution in [-0.2, 0) is 26.0 Å². The highest BCUT2D eigenvalue weighted by Gasteiger charge is 2.27. The monoisotopic (exact) mass is 464 g/mol. The highest BCUT2D eigenvalue weighted by molar-refractivity contribution is 7.89. The minimum Gasteiger partial charge on any atom is -0.452 e. The predicted molar refractivity (Wildman–Crippen MR) is 118 cm³/mol. The number of carbonyl (C=O) groups excluding carboxylic acids is 2. The Morgan fingerprint density at radius 1 is 1.03 bits per heavy atom. The Kier molecular flexibility index (Phi) is 8.06. The first-order valence-electron chi connectivity index (χ1n) is 10.2. The molecule has 1 heterocycles. The Morgan fingerprint density at radius 2 is 1.74 bits per heavy atom. The number of benzene rings is 2. The van der Waals surface area contributed by atoms with E-state index in [0.29, 0.717) is 26.1 Å². The Hall–Kier alpha value is -2.42. The normalized spacial score (nSPS) is 14.7. The number of halogens is 1. The number of hydrogen-bond acceptors (Lipinski definition) is 5. The van der Waals surface area contributed by atoms with Gasteiger partial charge in [-0.2, -0.15) is 4.31 Å². The fourth-order valence-electron chi connectivity index (χ4n) is 3.33. The van der Waals surface area contributed by atoms with Gasteiger partial charge in [-0.25, -0.2) is 13.2 Å². The maximum Gasteiger partial charge on any atom is 0.340 e. The van der Waals surface area contributed by atoms with Gasteiger partial charge in [0.15, 0.2) is 6.61 Å². The average Bonchev–Trinajstić information content (AvgIpc) is 2.79. The topological polar surface area (TPSA) is 92.8 Å². The van der Waals surface area contributed by atoms with Crippen molar-refractivity contribution < 1.29 is 22.7 Å². The summed E-state index contributed by atoms with van der Waals surface area (Å²) < 4.78 is 32.1. The zero-order chi connectivity index (χ0) is 22.3. The van der Waals surface area contributed by atoms with E-state index in [1.807, 2.05) is 30.3 Å². The lowest BCUT2D eigenvalue weighted by atomic mass is 10.1. The molecule has 1 saturated heterocycles. The van der Waals surface area contributed by atoms with E-state index in [-0.39, 0.29) is 15.5 Å². The van der Waals surface area contributed by atoms with Gasteiger partial charge in [0.05, 0.1) is 15.5 Å². The van der Waals surface area contributed by atoms with Crippen LogP contribution in [0.5, 0.6) is 0 Å². The first kappa shape index (κ1) is 23.2. The summed E-state index contributed by atoms with van der Waals surface area (Å²) in [6, 6.07) is 13.6. The molecule has 1 fully saturated rings. The van der Waals surface area contributed by atoms with Crippen LogP contribution < -0.4 is 5.32 Å². The summed E-state index contributed by atoms with van der Waals surface area (Å²) in [4.78, 5) is 24.4. The number of nitrogens with one attached hydrogen (secondary N) is 1. The molecule has 1 amide bonds. The predicted octanol–water partition coefficient (Wildman–Crippen LogP) is 3.03. The Labute approximate surface area is 187 Å². The molecular weight excluding hydrogens is 440 g/mol. The third-order valence-corrected chi connectivity index (χ3v) is 7.25. The van der Waals surface area contributed by atoms with Crippen LogP contribution in [0.15, 0.2) is 53.4 Å². The van der Waals surface area contributed by atoms with Gasteiger partial charge in [-0.1, -0.05) is 48.4 Å².